The van der Waals surface area contributed by atoms with Crippen LogP contribution >= 0.6 is 0 Å². The van der Waals surface area contributed by atoms with E-state index in [4.69, 9.17) is 5.73 Å². The molecule has 156 valence electrons. The molecule has 3 aliphatic rings. The fraction of sp³-hybridized carbons (Fsp3) is 0.364. The van der Waals surface area contributed by atoms with Crippen LogP contribution in [0.1, 0.15) is 37.3 Å². The SMILES string of the molecule is CC1(O)CC(N2C(=O)C[C@]3(Cc4c(Nc5ccc(F)cc5F)cccc43)N=C2N)C1. The van der Waals surface area contributed by atoms with Crippen molar-refractivity contribution in [2.45, 2.75) is 49.8 Å². The van der Waals surface area contributed by atoms with Crippen molar-refractivity contribution < 1.29 is 18.7 Å². The van der Waals surface area contributed by atoms with Gasteiger partial charge in [-0.1, -0.05) is 12.1 Å². The van der Waals surface area contributed by atoms with E-state index >= 15 is 0 Å². The highest BCUT2D eigenvalue weighted by Crippen LogP contribution is 2.51. The van der Waals surface area contributed by atoms with Crippen LogP contribution in [0.3, 0.4) is 0 Å². The number of nitrogens with two attached hydrogens (primary N) is 1. The molecular weight excluding hydrogens is 390 g/mol. The first-order valence-electron chi connectivity index (χ1n) is 9.92. The number of carbonyl (C=O) groups is 1. The summed E-state index contributed by atoms with van der Waals surface area (Å²) >= 11 is 0. The Labute approximate surface area is 172 Å². The number of benzene rings is 2. The van der Waals surface area contributed by atoms with Gasteiger partial charge in [0.05, 0.1) is 17.7 Å². The second-order valence-corrected chi connectivity index (χ2v) is 8.76. The minimum atomic E-state index is -0.764. The van der Waals surface area contributed by atoms with Crippen LogP contribution < -0.4 is 11.1 Å². The van der Waals surface area contributed by atoms with Crippen LogP contribution in [-0.4, -0.2) is 33.5 Å². The lowest BCUT2D eigenvalue weighted by Gasteiger charge is -2.51. The zero-order valence-electron chi connectivity index (χ0n) is 16.5. The number of aliphatic hydroxyl groups is 1. The number of aliphatic imine (C=N–C) groups is 1. The molecule has 0 radical (unpaired) electrons. The summed E-state index contributed by atoms with van der Waals surface area (Å²) in [6.07, 6.45) is 1.66. The third-order valence-corrected chi connectivity index (χ3v) is 6.35. The molecule has 30 heavy (non-hydrogen) atoms. The number of hydrogen-bond acceptors (Lipinski definition) is 5. The third kappa shape index (κ3) is 2.86. The molecule has 0 saturated heterocycles. The summed E-state index contributed by atoms with van der Waals surface area (Å²) in [5.74, 6) is -1.23. The Hall–Kier alpha value is -3.00. The molecule has 1 heterocycles. The van der Waals surface area contributed by atoms with E-state index < -0.39 is 22.8 Å². The molecule has 1 saturated carbocycles. The van der Waals surface area contributed by atoms with Gasteiger partial charge in [0, 0.05) is 24.2 Å². The van der Waals surface area contributed by atoms with Gasteiger partial charge in [-0.05, 0) is 49.1 Å². The van der Waals surface area contributed by atoms with Crippen molar-refractivity contribution in [3.8, 4) is 0 Å². The summed E-state index contributed by atoms with van der Waals surface area (Å²) in [5.41, 5.74) is 7.40. The maximum atomic E-state index is 14.0. The smallest absolute Gasteiger partial charge is 0.232 e. The molecule has 2 aromatic carbocycles. The largest absolute Gasteiger partial charge is 0.390 e. The van der Waals surface area contributed by atoms with Gasteiger partial charge in [0.25, 0.3) is 0 Å². The van der Waals surface area contributed by atoms with E-state index in [0.29, 0.717) is 24.9 Å². The van der Waals surface area contributed by atoms with Crippen molar-refractivity contribution in [3.05, 3.63) is 59.2 Å². The van der Waals surface area contributed by atoms with E-state index in [9.17, 15) is 18.7 Å². The molecule has 1 fully saturated rings. The van der Waals surface area contributed by atoms with Crippen molar-refractivity contribution in [2.24, 2.45) is 10.7 Å². The molecule has 1 aliphatic heterocycles. The van der Waals surface area contributed by atoms with E-state index in [1.54, 1.807) is 6.92 Å². The normalized spacial score (nSPS) is 29.7. The van der Waals surface area contributed by atoms with Gasteiger partial charge < -0.3 is 16.2 Å². The molecule has 1 amide bonds. The lowest BCUT2D eigenvalue weighted by molar-refractivity contribution is -0.139. The Bertz CT molecular complexity index is 1090. The summed E-state index contributed by atoms with van der Waals surface area (Å²) in [5, 5.41) is 13.0. The van der Waals surface area contributed by atoms with Gasteiger partial charge in [0.2, 0.25) is 5.91 Å². The molecule has 5 rings (SSSR count). The summed E-state index contributed by atoms with van der Waals surface area (Å²) in [6.45, 7) is 1.74. The second kappa shape index (κ2) is 6.25. The number of nitrogens with one attached hydrogen (secondary N) is 1. The summed E-state index contributed by atoms with van der Waals surface area (Å²) in [6, 6.07) is 8.78. The van der Waals surface area contributed by atoms with Crippen molar-refractivity contribution >= 4 is 23.2 Å². The van der Waals surface area contributed by atoms with E-state index in [-0.39, 0.29) is 30.0 Å². The summed E-state index contributed by atoms with van der Waals surface area (Å²) in [4.78, 5) is 19.1. The van der Waals surface area contributed by atoms with Crippen molar-refractivity contribution in [1.82, 2.24) is 4.90 Å². The van der Waals surface area contributed by atoms with Crippen molar-refractivity contribution in [3.63, 3.8) is 0 Å². The fourth-order valence-corrected chi connectivity index (χ4v) is 4.91. The number of rotatable bonds is 3. The van der Waals surface area contributed by atoms with E-state index in [0.717, 1.165) is 17.2 Å². The highest BCUT2D eigenvalue weighted by atomic mass is 19.1. The molecule has 1 atom stereocenters. The molecule has 0 aromatic heterocycles. The number of fused-ring (bicyclic) bond motifs is 2. The van der Waals surface area contributed by atoms with Gasteiger partial charge in [0.1, 0.15) is 17.2 Å². The van der Waals surface area contributed by atoms with Crippen molar-refractivity contribution in [1.29, 1.82) is 0 Å². The maximum Gasteiger partial charge on any atom is 0.232 e. The number of nitrogens with zero attached hydrogens (tertiary/aromatic N) is 2. The molecule has 0 unspecified atom stereocenters. The number of halogens is 2. The molecular formula is C22H22F2N4O2. The molecule has 2 aliphatic carbocycles. The van der Waals surface area contributed by atoms with Gasteiger partial charge >= 0.3 is 0 Å². The third-order valence-electron chi connectivity index (χ3n) is 6.35. The first-order chi connectivity index (χ1) is 14.2. The van der Waals surface area contributed by atoms with Gasteiger partial charge in [-0.15, -0.1) is 0 Å². The van der Waals surface area contributed by atoms with Gasteiger partial charge in [-0.25, -0.2) is 13.8 Å². The monoisotopic (exact) mass is 412 g/mol. The topological polar surface area (TPSA) is 91.0 Å². The standard InChI is InChI=1S/C22H22F2N4O2/c1-21(30)8-13(9-21)28-19(29)11-22(27-20(28)25)10-14-15(22)3-2-4-17(14)26-18-6-5-12(23)7-16(18)24/h2-7,13,26,30H,8-11H2,1H3,(H2,25,27)/t13?,21?,22-/m0/s1. The first-order valence-corrected chi connectivity index (χ1v) is 9.92. The van der Waals surface area contributed by atoms with Gasteiger partial charge in [-0.3, -0.25) is 9.69 Å². The zero-order chi connectivity index (χ0) is 21.3. The highest BCUT2D eigenvalue weighted by molar-refractivity contribution is 6.00. The van der Waals surface area contributed by atoms with E-state index in [1.165, 1.54) is 17.0 Å². The highest BCUT2D eigenvalue weighted by Gasteiger charge is 2.53. The lowest BCUT2D eigenvalue weighted by Crippen LogP contribution is -2.62. The molecule has 2 aromatic rings. The summed E-state index contributed by atoms with van der Waals surface area (Å²) in [7, 11) is 0. The Morgan fingerprint density at radius 1 is 1.20 bits per heavy atom. The molecule has 8 heteroatoms. The molecule has 1 spiro atoms. The van der Waals surface area contributed by atoms with Crippen LogP contribution in [0.25, 0.3) is 0 Å². The minimum Gasteiger partial charge on any atom is -0.390 e. The van der Waals surface area contributed by atoms with E-state index in [1.807, 2.05) is 18.2 Å². The zero-order valence-corrected chi connectivity index (χ0v) is 16.5. The Morgan fingerprint density at radius 2 is 1.97 bits per heavy atom. The molecule has 4 N–H and O–H groups in total. The maximum absolute atomic E-state index is 14.0. The lowest BCUT2D eigenvalue weighted by atomic mass is 9.67. The predicted octanol–water partition coefficient (Wildman–Crippen LogP) is 2.92. The van der Waals surface area contributed by atoms with Gasteiger partial charge in [-0.2, -0.15) is 0 Å². The van der Waals surface area contributed by atoms with Crippen LogP contribution in [0.2, 0.25) is 0 Å². The van der Waals surface area contributed by atoms with Gasteiger partial charge in [0.15, 0.2) is 5.96 Å². The molecule has 0 bridgehead atoms. The van der Waals surface area contributed by atoms with Crippen LogP contribution in [0.15, 0.2) is 41.4 Å². The average Bonchev–Trinajstić information content (AvgIpc) is 2.62. The second-order valence-electron chi connectivity index (χ2n) is 8.76. The number of anilines is 2. The number of guanidine groups is 1. The Kier molecular flexibility index (Phi) is 3.96. The minimum absolute atomic E-state index is 0.100. The fourth-order valence-electron chi connectivity index (χ4n) is 4.91. The average molecular weight is 412 g/mol. The van der Waals surface area contributed by atoms with Crippen molar-refractivity contribution in [2.75, 3.05) is 5.32 Å². The van der Waals surface area contributed by atoms with Crippen LogP contribution in [0.5, 0.6) is 0 Å². The quantitative estimate of drug-likeness (QED) is 0.723. The number of amides is 1. The predicted molar refractivity (Wildman–Crippen MR) is 108 cm³/mol. The van der Waals surface area contributed by atoms with Crippen LogP contribution in [0.4, 0.5) is 20.2 Å². The molecule has 6 nitrogen and oxygen atoms in total. The number of carbonyl (C=O) groups excluding carboxylic acids is 1. The van der Waals surface area contributed by atoms with E-state index in [2.05, 4.69) is 10.3 Å². The Balaban J connectivity index is 1.42. The van der Waals surface area contributed by atoms with Crippen LogP contribution in [-0.2, 0) is 16.8 Å². The Morgan fingerprint density at radius 3 is 2.63 bits per heavy atom. The summed E-state index contributed by atoms with van der Waals surface area (Å²) < 4.78 is 27.2. The first kappa shape index (κ1) is 19.0. The van der Waals surface area contributed by atoms with Crippen LogP contribution in [0, 0.1) is 11.6 Å². The number of hydrogen-bond donors (Lipinski definition) is 3.